The number of anilines is 1. The predicted molar refractivity (Wildman–Crippen MR) is 193 cm³/mol. The maximum Gasteiger partial charge on any atom is 0.262 e. The second-order valence-corrected chi connectivity index (χ2v) is 15.0. The van der Waals surface area contributed by atoms with Gasteiger partial charge in [0.1, 0.15) is 42.1 Å². The average Bonchev–Trinajstić information content (AvgIpc) is 3.36. The van der Waals surface area contributed by atoms with E-state index in [1.165, 1.54) is 0 Å². The number of alkyl halides is 1. The Morgan fingerprint density at radius 1 is 0.868 bits per heavy atom. The Labute approximate surface area is 307 Å². The van der Waals surface area contributed by atoms with Crippen LogP contribution in [0.4, 0.5) is 10.1 Å². The number of rotatable bonds is 11. The SMILES string of the molecule is CC(C)(c1ccc(Oc2cnc(CN3CC(F)C3)nc2)cc1)c1ccc(OC2CC(Nc3ccc4c(c3)C(=O)N([C@@H]3CC[C@@H](O)N[C@@H]3O)C4=O)C2)cc1. The molecule has 0 spiro atoms. The average molecular weight is 723 g/mol. The van der Waals surface area contributed by atoms with E-state index in [4.69, 9.17) is 9.47 Å². The van der Waals surface area contributed by atoms with E-state index in [-0.39, 0.29) is 17.6 Å². The van der Waals surface area contributed by atoms with Gasteiger partial charge >= 0.3 is 0 Å². The topological polar surface area (TPSA) is 149 Å². The molecule has 0 bridgehead atoms. The summed E-state index contributed by atoms with van der Waals surface area (Å²) in [6, 6.07) is 20.8. The van der Waals surface area contributed by atoms with E-state index in [1.54, 1.807) is 30.6 Å². The van der Waals surface area contributed by atoms with Crippen molar-refractivity contribution >= 4 is 17.5 Å². The number of hydrogen-bond donors (Lipinski definition) is 4. The number of halogens is 1. The molecule has 3 fully saturated rings. The van der Waals surface area contributed by atoms with Crippen molar-refractivity contribution in [1.29, 1.82) is 0 Å². The van der Waals surface area contributed by atoms with Crippen LogP contribution in [-0.4, -0.2) is 91.7 Å². The van der Waals surface area contributed by atoms with E-state index >= 15 is 0 Å². The van der Waals surface area contributed by atoms with Crippen molar-refractivity contribution in [2.75, 3.05) is 18.4 Å². The Bertz CT molecular complexity index is 1970. The fraction of sp³-hybridized carbons (Fsp3) is 0.400. The van der Waals surface area contributed by atoms with Gasteiger partial charge in [0.25, 0.3) is 11.8 Å². The summed E-state index contributed by atoms with van der Waals surface area (Å²) >= 11 is 0. The largest absolute Gasteiger partial charge is 0.490 e. The van der Waals surface area contributed by atoms with Gasteiger partial charge < -0.3 is 25.0 Å². The summed E-state index contributed by atoms with van der Waals surface area (Å²) in [5.74, 6) is 1.80. The smallest absolute Gasteiger partial charge is 0.262 e. The molecule has 1 aliphatic carbocycles. The molecule has 1 aromatic heterocycles. The number of hydrogen-bond acceptors (Lipinski definition) is 11. The zero-order valence-corrected chi connectivity index (χ0v) is 29.6. The monoisotopic (exact) mass is 722 g/mol. The highest BCUT2D eigenvalue weighted by Crippen LogP contribution is 2.36. The fourth-order valence-corrected chi connectivity index (χ4v) is 7.51. The van der Waals surface area contributed by atoms with Crippen molar-refractivity contribution < 1.29 is 33.7 Å². The Hall–Kier alpha value is -4.95. The lowest BCUT2D eigenvalue weighted by Gasteiger charge is -2.36. The number of ether oxygens (including phenoxy) is 2. The first-order chi connectivity index (χ1) is 25.5. The number of nitrogens with zero attached hydrogens (tertiary/aromatic N) is 4. The quantitative estimate of drug-likeness (QED) is 0.159. The van der Waals surface area contributed by atoms with E-state index < -0.39 is 36.5 Å². The van der Waals surface area contributed by atoms with E-state index in [2.05, 4.69) is 58.7 Å². The number of aromatic nitrogens is 2. The van der Waals surface area contributed by atoms with Crippen molar-refractivity contribution in [3.63, 3.8) is 0 Å². The van der Waals surface area contributed by atoms with Crippen molar-refractivity contribution in [2.45, 2.75) is 88.3 Å². The number of benzene rings is 3. The molecule has 3 aromatic carbocycles. The van der Waals surface area contributed by atoms with Crippen LogP contribution in [0.1, 0.15) is 77.2 Å². The maximum atomic E-state index is 13.2. The van der Waals surface area contributed by atoms with Crippen molar-refractivity contribution in [3.8, 4) is 17.2 Å². The first-order valence-corrected chi connectivity index (χ1v) is 18.1. The van der Waals surface area contributed by atoms with Crippen LogP contribution in [-0.2, 0) is 12.0 Å². The molecule has 0 unspecified atom stereocenters. The molecular formula is C40H43FN6O6. The highest BCUT2D eigenvalue weighted by molar-refractivity contribution is 6.22. The number of aliphatic hydroxyl groups is 2. The summed E-state index contributed by atoms with van der Waals surface area (Å²) < 4.78 is 25.3. The molecule has 4 heterocycles. The van der Waals surface area contributed by atoms with Gasteiger partial charge in [-0.1, -0.05) is 38.1 Å². The second kappa shape index (κ2) is 14.1. The maximum absolute atomic E-state index is 13.2. The lowest BCUT2D eigenvalue weighted by atomic mass is 9.78. The zero-order chi connectivity index (χ0) is 36.9. The summed E-state index contributed by atoms with van der Waals surface area (Å²) in [6.45, 7) is 5.75. The van der Waals surface area contributed by atoms with Gasteiger partial charge in [-0.2, -0.15) is 0 Å². The summed E-state index contributed by atoms with van der Waals surface area (Å²) in [4.78, 5) is 38.1. The minimum absolute atomic E-state index is 0.0499. The molecule has 0 radical (unpaired) electrons. The van der Waals surface area contributed by atoms with E-state index in [1.807, 2.05) is 29.2 Å². The number of piperidine rings is 1. The molecule has 3 atom stereocenters. The molecule has 8 rings (SSSR count). The van der Waals surface area contributed by atoms with Gasteiger partial charge in [-0.3, -0.25) is 24.7 Å². The van der Waals surface area contributed by atoms with Gasteiger partial charge in [-0.25, -0.2) is 14.4 Å². The number of likely N-dealkylation sites (tertiary alicyclic amines) is 1. The summed E-state index contributed by atoms with van der Waals surface area (Å²) in [5.41, 5.74) is 3.39. The lowest BCUT2D eigenvalue weighted by Crippen LogP contribution is -2.58. The van der Waals surface area contributed by atoms with Crippen LogP contribution in [0.2, 0.25) is 0 Å². The molecule has 12 nitrogen and oxygen atoms in total. The number of nitrogens with one attached hydrogen (secondary N) is 2. The zero-order valence-electron chi connectivity index (χ0n) is 29.6. The molecule has 4 N–H and O–H groups in total. The third kappa shape index (κ3) is 7.21. The first-order valence-electron chi connectivity index (χ1n) is 18.1. The molecule has 3 aliphatic heterocycles. The molecule has 2 saturated heterocycles. The molecule has 4 aliphatic rings. The number of carbonyl (C=O) groups excluding carboxylic acids is 2. The number of imide groups is 1. The minimum Gasteiger partial charge on any atom is -0.490 e. The number of fused-ring (bicyclic) bond motifs is 1. The molecule has 53 heavy (non-hydrogen) atoms. The van der Waals surface area contributed by atoms with E-state index in [0.29, 0.717) is 60.9 Å². The van der Waals surface area contributed by atoms with Crippen LogP contribution < -0.4 is 20.1 Å². The third-order valence-electron chi connectivity index (χ3n) is 10.8. The second-order valence-electron chi connectivity index (χ2n) is 15.0. The Morgan fingerprint density at radius 2 is 1.51 bits per heavy atom. The van der Waals surface area contributed by atoms with Crippen LogP contribution in [0.25, 0.3) is 0 Å². The lowest BCUT2D eigenvalue weighted by molar-refractivity contribution is -0.0413. The predicted octanol–water partition coefficient (Wildman–Crippen LogP) is 4.76. The molecule has 276 valence electrons. The number of carbonyl (C=O) groups is 2. The van der Waals surface area contributed by atoms with Crippen LogP contribution in [0.3, 0.4) is 0 Å². The minimum atomic E-state index is -1.19. The van der Waals surface area contributed by atoms with E-state index in [0.717, 1.165) is 40.3 Å². The van der Waals surface area contributed by atoms with E-state index in [9.17, 15) is 24.2 Å². The Morgan fingerprint density at radius 3 is 2.15 bits per heavy atom. The van der Waals surface area contributed by atoms with Gasteiger partial charge in [0, 0.05) is 43.1 Å². The van der Waals surface area contributed by atoms with Crippen LogP contribution in [0.15, 0.2) is 79.1 Å². The first kappa shape index (κ1) is 35.1. The van der Waals surface area contributed by atoms with Crippen LogP contribution in [0.5, 0.6) is 17.2 Å². The Kier molecular flexibility index (Phi) is 9.35. The standard InChI is InChI=1S/C40H43FN6O6/c1-40(2,24-5-10-29(11-6-24)53-31-18-42-35(43-19-31)22-46-20-25(41)21-46)23-3-8-28(9-4-23)52-30-15-27(16-30)44-26-7-12-32-33(17-26)39(51)47(38(32)50)34-13-14-36(48)45-37(34)49/h3-12,17-19,25,27,30,34,36-37,44-45,48-49H,13-16,20-22H2,1-2H3/t27?,30?,34-,36-,37-/m1/s1. The van der Waals surface area contributed by atoms with Gasteiger partial charge in [-0.15, -0.1) is 0 Å². The fourth-order valence-electron chi connectivity index (χ4n) is 7.51. The van der Waals surface area contributed by atoms with Crippen molar-refractivity contribution in [3.05, 3.63) is 107 Å². The number of aliphatic hydroxyl groups excluding tert-OH is 2. The van der Waals surface area contributed by atoms with Gasteiger partial charge in [0.05, 0.1) is 36.1 Å². The highest BCUT2D eigenvalue weighted by atomic mass is 19.1. The molecule has 1 saturated carbocycles. The number of amides is 2. The Balaban J connectivity index is 0.814. The van der Waals surface area contributed by atoms with Crippen LogP contribution >= 0.6 is 0 Å². The van der Waals surface area contributed by atoms with Gasteiger partial charge in [0.2, 0.25) is 0 Å². The summed E-state index contributed by atoms with van der Waals surface area (Å²) in [6.07, 6.45) is 2.76. The van der Waals surface area contributed by atoms with Crippen LogP contribution in [0, 0.1) is 0 Å². The summed E-state index contributed by atoms with van der Waals surface area (Å²) in [7, 11) is 0. The molecule has 4 aromatic rings. The molecule has 2 amide bonds. The normalized spacial score (nSPS) is 24.7. The van der Waals surface area contributed by atoms with Gasteiger partial charge in [-0.05, 0) is 66.4 Å². The summed E-state index contributed by atoms with van der Waals surface area (Å²) in [5, 5.41) is 26.2. The van der Waals surface area contributed by atoms with Crippen molar-refractivity contribution in [2.24, 2.45) is 0 Å². The highest BCUT2D eigenvalue weighted by Gasteiger charge is 2.44. The van der Waals surface area contributed by atoms with Crippen molar-refractivity contribution in [1.82, 2.24) is 25.1 Å². The third-order valence-corrected chi connectivity index (χ3v) is 10.8. The molecule has 13 heteroatoms. The molecular weight excluding hydrogens is 679 g/mol. The van der Waals surface area contributed by atoms with Gasteiger partial charge in [0.15, 0.2) is 5.75 Å².